The normalized spacial score (nSPS) is 10.8. The lowest BCUT2D eigenvalue weighted by Crippen LogP contribution is -2.20. The molecule has 0 bridgehead atoms. The number of carbonyl (C=O) groups excluding carboxylic acids is 1. The van der Waals surface area contributed by atoms with Gasteiger partial charge in [0.1, 0.15) is 18.8 Å². The van der Waals surface area contributed by atoms with Crippen LogP contribution in [0.2, 0.25) is 0 Å². The average Bonchev–Trinajstić information content (AvgIpc) is 3.14. The molecule has 6 nitrogen and oxygen atoms in total. The summed E-state index contributed by atoms with van der Waals surface area (Å²) in [6.45, 7) is 0.973. The maximum atomic E-state index is 12.9. The third-order valence-electron chi connectivity index (χ3n) is 4.75. The minimum atomic E-state index is -0.155. The smallest absolute Gasteiger partial charge is 0.244 e. The second-order valence-electron chi connectivity index (χ2n) is 6.79. The Hall–Kier alpha value is -3.64. The molecule has 0 aliphatic rings. The Bertz CT molecular complexity index is 1140. The molecule has 0 spiro atoms. The molecule has 6 heteroatoms. The van der Waals surface area contributed by atoms with Gasteiger partial charge in [0, 0.05) is 29.9 Å². The van der Waals surface area contributed by atoms with E-state index in [0.717, 1.165) is 22.2 Å². The number of hydrogen-bond donors (Lipinski definition) is 1. The summed E-state index contributed by atoms with van der Waals surface area (Å²) >= 11 is 0. The molecule has 1 N–H and O–H groups in total. The van der Waals surface area contributed by atoms with Gasteiger partial charge in [0.25, 0.3) is 0 Å². The molecule has 0 atom stereocenters. The lowest BCUT2D eigenvalue weighted by molar-refractivity contribution is -0.116. The Morgan fingerprint density at radius 2 is 1.80 bits per heavy atom. The summed E-state index contributed by atoms with van der Waals surface area (Å²) in [4.78, 5) is 17.2. The average molecular weight is 401 g/mol. The van der Waals surface area contributed by atoms with Gasteiger partial charge < -0.3 is 19.4 Å². The van der Waals surface area contributed by atoms with Gasteiger partial charge in [-0.25, -0.2) is 4.98 Å². The molecule has 4 aromatic rings. The molecular formula is C24H23N3O3. The van der Waals surface area contributed by atoms with Crippen molar-refractivity contribution < 1.29 is 14.3 Å². The quantitative estimate of drug-likeness (QED) is 0.445. The molecule has 0 unspecified atom stereocenters. The van der Waals surface area contributed by atoms with E-state index in [0.29, 0.717) is 24.8 Å². The topological polar surface area (TPSA) is 65.4 Å². The lowest BCUT2D eigenvalue weighted by atomic mass is 10.1. The van der Waals surface area contributed by atoms with Crippen molar-refractivity contribution in [2.75, 3.05) is 25.6 Å². The number of pyridine rings is 1. The molecule has 2 heterocycles. The SMILES string of the molecule is COCCOc1ncccc1NC(=O)Cn1c(-c2ccccc2)cc2ccccc21. The number of para-hydroxylation sites is 1. The third kappa shape index (κ3) is 4.34. The summed E-state index contributed by atoms with van der Waals surface area (Å²) in [7, 11) is 1.61. The van der Waals surface area contributed by atoms with Crippen LogP contribution in [0, 0.1) is 0 Å². The van der Waals surface area contributed by atoms with Gasteiger partial charge in [0.05, 0.1) is 6.61 Å². The number of benzene rings is 2. The van der Waals surface area contributed by atoms with Crippen LogP contribution in [-0.2, 0) is 16.1 Å². The van der Waals surface area contributed by atoms with E-state index < -0.39 is 0 Å². The molecule has 152 valence electrons. The Kier molecular flexibility index (Phi) is 6.06. The van der Waals surface area contributed by atoms with Gasteiger partial charge in [-0.1, -0.05) is 48.5 Å². The monoisotopic (exact) mass is 401 g/mol. The van der Waals surface area contributed by atoms with Crippen molar-refractivity contribution >= 4 is 22.5 Å². The van der Waals surface area contributed by atoms with E-state index in [2.05, 4.69) is 22.4 Å². The van der Waals surface area contributed by atoms with Crippen molar-refractivity contribution in [1.29, 1.82) is 0 Å². The third-order valence-corrected chi connectivity index (χ3v) is 4.75. The minimum absolute atomic E-state index is 0.155. The summed E-state index contributed by atoms with van der Waals surface area (Å²) in [6, 6.07) is 23.8. The summed E-state index contributed by atoms with van der Waals surface area (Å²) in [6.07, 6.45) is 1.63. The molecule has 4 rings (SSSR count). The zero-order valence-electron chi connectivity index (χ0n) is 16.7. The van der Waals surface area contributed by atoms with E-state index in [9.17, 15) is 4.79 Å². The molecule has 0 radical (unpaired) electrons. The van der Waals surface area contributed by atoms with E-state index in [-0.39, 0.29) is 12.5 Å². The van der Waals surface area contributed by atoms with E-state index in [1.807, 2.05) is 53.1 Å². The molecule has 0 aliphatic heterocycles. The van der Waals surface area contributed by atoms with Crippen molar-refractivity contribution in [3.8, 4) is 17.1 Å². The van der Waals surface area contributed by atoms with E-state index in [4.69, 9.17) is 9.47 Å². The minimum Gasteiger partial charge on any atom is -0.474 e. The molecule has 0 aliphatic carbocycles. The number of amides is 1. The predicted molar refractivity (Wildman–Crippen MR) is 118 cm³/mol. The second kappa shape index (κ2) is 9.24. The fraction of sp³-hybridized carbons (Fsp3) is 0.167. The number of aromatic nitrogens is 2. The largest absolute Gasteiger partial charge is 0.474 e. The van der Waals surface area contributed by atoms with Gasteiger partial charge in [0.2, 0.25) is 11.8 Å². The zero-order chi connectivity index (χ0) is 20.8. The fourth-order valence-electron chi connectivity index (χ4n) is 3.38. The Morgan fingerprint density at radius 3 is 2.63 bits per heavy atom. The number of methoxy groups -OCH3 is 1. The summed E-state index contributed by atoms with van der Waals surface area (Å²) in [5.41, 5.74) is 3.60. The van der Waals surface area contributed by atoms with E-state index >= 15 is 0 Å². The highest BCUT2D eigenvalue weighted by molar-refractivity contribution is 5.94. The van der Waals surface area contributed by atoms with E-state index in [1.54, 1.807) is 25.4 Å². The predicted octanol–water partition coefficient (Wildman–Crippen LogP) is 4.37. The first-order chi connectivity index (χ1) is 14.8. The van der Waals surface area contributed by atoms with Crippen LogP contribution in [0.15, 0.2) is 79.0 Å². The maximum absolute atomic E-state index is 12.9. The van der Waals surface area contributed by atoms with Gasteiger partial charge in [0.15, 0.2) is 0 Å². The van der Waals surface area contributed by atoms with Gasteiger partial charge in [-0.15, -0.1) is 0 Å². The molecule has 2 aromatic heterocycles. The van der Waals surface area contributed by atoms with Crippen molar-refractivity contribution in [2.45, 2.75) is 6.54 Å². The Labute approximate surface area is 175 Å². The highest BCUT2D eigenvalue weighted by Gasteiger charge is 2.15. The Morgan fingerprint density at radius 1 is 1.00 bits per heavy atom. The number of hydrogen-bond acceptors (Lipinski definition) is 4. The van der Waals surface area contributed by atoms with Crippen LogP contribution in [0.4, 0.5) is 5.69 Å². The summed E-state index contributed by atoms with van der Waals surface area (Å²) < 4.78 is 12.7. The van der Waals surface area contributed by atoms with Crippen LogP contribution in [0.1, 0.15) is 0 Å². The molecular weight excluding hydrogens is 378 g/mol. The fourth-order valence-corrected chi connectivity index (χ4v) is 3.38. The van der Waals surface area contributed by atoms with Gasteiger partial charge in [-0.3, -0.25) is 4.79 Å². The number of nitrogens with zero attached hydrogens (tertiary/aromatic N) is 2. The number of carbonyl (C=O) groups is 1. The van der Waals surface area contributed by atoms with Crippen molar-refractivity contribution in [2.24, 2.45) is 0 Å². The maximum Gasteiger partial charge on any atom is 0.244 e. The second-order valence-corrected chi connectivity index (χ2v) is 6.79. The van der Waals surface area contributed by atoms with Crippen LogP contribution in [0.3, 0.4) is 0 Å². The lowest BCUT2D eigenvalue weighted by Gasteiger charge is -2.13. The summed E-state index contributed by atoms with van der Waals surface area (Å²) in [5.74, 6) is 0.224. The molecule has 0 saturated heterocycles. The number of fused-ring (bicyclic) bond motifs is 1. The highest BCUT2D eigenvalue weighted by Crippen LogP contribution is 2.28. The first-order valence-corrected chi connectivity index (χ1v) is 9.76. The van der Waals surface area contributed by atoms with Gasteiger partial charge >= 0.3 is 0 Å². The molecule has 30 heavy (non-hydrogen) atoms. The molecule has 0 saturated carbocycles. The van der Waals surface area contributed by atoms with Gasteiger partial charge in [-0.2, -0.15) is 0 Å². The Balaban J connectivity index is 1.60. The number of ether oxygens (including phenoxy) is 2. The molecule has 2 aromatic carbocycles. The van der Waals surface area contributed by atoms with Crippen LogP contribution < -0.4 is 10.1 Å². The highest BCUT2D eigenvalue weighted by atomic mass is 16.5. The van der Waals surface area contributed by atoms with Crippen LogP contribution in [0.25, 0.3) is 22.2 Å². The zero-order valence-corrected chi connectivity index (χ0v) is 16.7. The van der Waals surface area contributed by atoms with Gasteiger partial charge in [-0.05, 0) is 29.8 Å². The summed E-state index contributed by atoms with van der Waals surface area (Å²) in [5, 5.41) is 4.02. The number of anilines is 1. The van der Waals surface area contributed by atoms with Crippen molar-refractivity contribution in [3.05, 3.63) is 79.0 Å². The first kappa shape index (κ1) is 19.7. The first-order valence-electron chi connectivity index (χ1n) is 9.76. The molecule has 1 amide bonds. The molecule has 0 fully saturated rings. The van der Waals surface area contributed by atoms with Crippen LogP contribution in [0.5, 0.6) is 5.88 Å². The van der Waals surface area contributed by atoms with Crippen LogP contribution in [-0.4, -0.2) is 35.8 Å². The van der Waals surface area contributed by atoms with Crippen molar-refractivity contribution in [3.63, 3.8) is 0 Å². The van der Waals surface area contributed by atoms with E-state index in [1.165, 1.54) is 0 Å². The number of nitrogens with one attached hydrogen (secondary N) is 1. The van der Waals surface area contributed by atoms with Crippen LogP contribution >= 0.6 is 0 Å². The van der Waals surface area contributed by atoms with Crippen molar-refractivity contribution in [1.82, 2.24) is 9.55 Å². The number of rotatable bonds is 8. The standard InChI is InChI=1S/C24H23N3O3/c1-29-14-15-30-24-20(11-7-13-25-24)26-23(28)17-27-21-12-6-5-10-19(21)16-22(27)18-8-3-2-4-9-18/h2-13,16H,14-15,17H2,1H3,(H,26,28).